The number of aryl methyl sites for hydroxylation is 1. The Morgan fingerprint density at radius 1 is 1.25 bits per heavy atom. The van der Waals surface area contributed by atoms with E-state index in [1.165, 1.54) is 0 Å². The van der Waals surface area contributed by atoms with E-state index in [1.54, 1.807) is 22.2 Å². The number of nitrogens with one attached hydrogen (secondary N) is 1. The van der Waals surface area contributed by atoms with E-state index in [9.17, 15) is 0 Å². The monoisotopic (exact) mass is 338 g/mol. The van der Waals surface area contributed by atoms with Crippen molar-refractivity contribution in [3.8, 4) is 16.3 Å². The number of tetrazole rings is 1. The van der Waals surface area contributed by atoms with Gasteiger partial charge in [0.15, 0.2) is 11.6 Å². The number of nitrogens with zero attached hydrogens (tertiary/aromatic N) is 5. The van der Waals surface area contributed by atoms with Gasteiger partial charge >= 0.3 is 0 Å². The van der Waals surface area contributed by atoms with Crippen molar-refractivity contribution in [2.75, 3.05) is 5.32 Å². The normalized spacial score (nSPS) is 10.9. The summed E-state index contributed by atoms with van der Waals surface area (Å²) >= 11 is 1.63. The fraction of sp³-hybridized carbons (Fsp3) is 0.125. The summed E-state index contributed by atoms with van der Waals surface area (Å²) in [6, 6.07) is 11.9. The number of thiophene rings is 1. The van der Waals surface area contributed by atoms with Crippen molar-refractivity contribution >= 4 is 17.0 Å². The van der Waals surface area contributed by atoms with Gasteiger partial charge in [-0.2, -0.15) is 4.68 Å². The molecule has 0 saturated heterocycles. The molecule has 1 aromatic carbocycles. The first-order chi connectivity index (χ1) is 11.8. The number of anilines is 1. The predicted octanol–water partition coefficient (Wildman–Crippen LogP) is 3.30. The summed E-state index contributed by atoms with van der Waals surface area (Å²) in [6.45, 7) is 2.36. The summed E-state index contributed by atoms with van der Waals surface area (Å²) in [7, 11) is 0. The van der Waals surface area contributed by atoms with E-state index >= 15 is 0 Å². The van der Waals surface area contributed by atoms with Gasteiger partial charge in [-0.1, -0.05) is 12.1 Å². The second-order valence-electron chi connectivity index (χ2n) is 5.14. The molecule has 4 aromatic rings. The molecule has 0 radical (unpaired) electrons. The molecule has 3 aromatic heterocycles. The van der Waals surface area contributed by atoms with Crippen molar-refractivity contribution in [2.24, 2.45) is 0 Å². The molecular formula is C16H14N6OS. The van der Waals surface area contributed by atoms with Crippen LogP contribution in [0.4, 0.5) is 5.69 Å². The molecule has 0 saturated carbocycles. The number of hydrogen-bond acceptors (Lipinski definition) is 7. The molecule has 3 heterocycles. The smallest absolute Gasteiger partial charge is 0.214 e. The zero-order valence-electron chi connectivity index (χ0n) is 12.9. The molecule has 4 rings (SSSR count). The summed E-state index contributed by atoms with van der Waals surface area (Å²) in [5.74, 6) is 2.17. The highest BCUT2D eigenvalue weighted by molar-refractivity contribution is 7.13. The van der Waals surface area contributed by atoms with Gasteiger partial charge in [0, 0.05) is 5.69 Å². The van der Waals surface area contributed by atoms with Crippen LogP contribution in [0.5, 0.6) is 0 Å². The van der Waals surface area contributed by atoms with Gasteiger partial charge in [0.1, 0.15) is 0 Å². The van der Waals surface area contributed by atoms with Crippen LogP contribution < -0.4 is 5.32 Å². The molecule has 0 fully saturated rings. The van der Waals surface area contributed by atoms with Gasteiger partial charge in [-0.25, -0.2) is 4.98 Å². The van der Waals surface area contributed by atoms with Crippen molar-refractivity contribution in [1.82, 2.24) is 25.2 Å². The largest absolute Gasteiger partial charge is 0.438 e. The van der Waals surface area contributed by atoms with Crippen LogP contribution in [0, 0.1) is 6.92 Å². The average Bonchev–Trinajstić information content (AvgIpc) is 3.34. The molecule has 0 amide bonds. The zero-order valence-corrected chi connectivity index (χ0v) is 13.7. The lowest BCUT2D eigenvalue weighted by Gasteiger charge is -2.07. The SMILES string of the molecule is Cc1nnnn1-c1cccc(NCc2ncc(-c3cccs3)o2)c1. The van der Waals surface area contributed by atoms with Gasteiger partial charge in [0.2, 0.25) is 5.89 Å². The van der Waals surface area contributed by atoms with E-state index < -0.39 is 0 Å². The number of benzene rings is 1. The van der Waals surface area contributed by atoms with Gasteiger partial charge < -0.3 is 9.73 Å². The van der Waals surface area contributed by atoms with Crippen molar-refractivity contribution in [3.05, 3.63) is 59.7 Å². The molecule has 0 unspecified atom stereocenters. The Labute approximate surface area is 142 Å². The van der Waals surface area contributed by atoms with Crippen LogP contribution in [0.3, 0.4) is 0 Å². The molecule has 1 N–H and O–H groups in total. The second-order valence-corrected chi connectivity index (χ2v) is 6.09. The molecule has 0 bridgehead atoms. The van der Waals surface area contributed by atoms with Crippen molar-refractivity contribution in [3.63, 3.8) is 0 Å². The van der Waals surface area contributed by atoms with Gasteiger partial charge in [-0.3, -0.25) is 0 Å². The quantitative estimate of drug-likeness (QED) is 0.601. The Morgan fingerprint density at radius 3 is 3.00 bits per heavy atom. The topological polar surface area (TPSA) is 81.7 Å². The summed E-state index contributed by atoms with van der Waals surface area (Å²) in [4.78, 5) is 5.39. The van der Waals surface area contributed by atoms with Crippen LogP contribution in [0.2, 0.25) is 0 Å². The third kappa shape index (κ3) is 2.91. The minimum absolute atomic E-state index is 0.503. The Kier molecular flexibility index (Phi) is 3.80. The molecule has 0 spiro atoms. The van der Waals surface area contributed by atoms with Crippen LogP contribution in [-0.4, -0.2) is 25.2 Å². The third-order valence-corrected chi connectivity index (χ3v) is 4.36. The van der Waals surface area contributed by atoms with E-state index in [2.05, 4.69) is 25.8 Å². The van der Waals surface area contributed by atoms with E-state index in [-0.39, 0.29) is 0 Å². The lowest BCUT2D eigenvalue weighted by Crippen LogP contribution is -2.03. The highest BCUT2D eigenvalue weighted by atomic mass is 32.1. The maximum Gasteiger partial charge on any atom is 0.214 e. The number of rotatable bonds is 5. The Balaban J connectivity index is 1.48. The first-order valence-corrected chi connectivity index (χ1v) is 8.25. The fourth-order valence-corrected chi connectivity index (χ4v) is 2.99. The highest BCUT2D eigenvalue weighted by Crippen LogP contribution is 2.25. The van der Waals surface area contributed by atoms with Crippen LogP contribution >= 0.6 is 11.3 Å². The van der Waals surface area contributed by atoms with Gasteiger partial charge in [-0.05, 0) is 47.0 Å². The van der Waals surface area contributed by atoms with Gasteiger partial charge in [0.05, 0.1) is 23.3 Å². The van der Waals surface area contributed by atoms with E-state index in [1.807, 2.05) is 48.7 Å². The van der Waals surface area contributed by atoms with Crippen LogP contribution in [0.15, 0.2) is 52.4 Å². The molecule has 120 valence electrons. The highest BCUT2D eigenvalue weighted by Gasteiger charge is 2.08. The van der Waals surface area contributed by atoms with Crippen LogP contribution in [0.25, 0.3) is 16.3 Å². The third-order valence-electron chi connectivity index (χ3n) is 3.48. The average molecular weight is 338 g/mol. The van der Waals surface area contributed by atoms with Crippen LogP contribution in [-0.2, 0) is 6.54 Å². The standard InChI is InChI=1S/C16H14N6OS/c1-11-19-20-21-22(11)13-5-2-4-12(8-13)17-10-16-18-9-14(23-16)15-6-3-7-24-15/h2-9,17H,10H2,1H3. The summed E-state index contributed by atoms with van der Waals surface area (Å²) in [5.41, 5.74) is 1.84. The second kappa shape index (κ2) is 6.25. The molecular weight excluding hydrogens is 324 g/mol. The minimum atomic E-state index is 0.503. The number of aromatic nitrogens is 5. The summed E-state index contributed by atoms with van der Waals surface area (Å²) < 4.78 is 7.46. The number of hydrogen-bond donors (Lipinski definition) is 1. The maximum absolute atomic E-state index is 5.77. The molecule has 8 heteroatoms. The maximum atomic E-state index is 5.77. The van der Waals surface area contributed by atoms with Crippen LogP contribution in [0.1, 0.15) is 11.7 Å². The van der Waals surface area contributed by atoms with Crippen molar-refractivity contribution in [1.29, 1.82) is 0 Å². The Morgan fingerprint density at radius 2 is 2.21 bits per heavy atom. The van der Waals surface area contributed by atoms with Crippen molar-refractivity contribution < 1.29 is 4.42 Å². The zero-order chi connectivity index (χ0) is 16.4. The molecule has 7 nitrogen and oxygen atoms in total. The van der Waals surface area contributed by atoms with Crippen molar-refractivity contribution in [2.45, 2.75) is 13.5 Å². The predicted molar refractivity (Wildman–Crippen MR) is 91.0 cm³/mol. The molecule has 0 aliphatic carbocycles. The molecule has 0 aliphatic rings. The molecule has 0 atom stereocenters. The first-order valence-electron chi connectivity index (χ1n) is 7.37. The first kappa shape index (κ1) is 14.6. The summed E-state index contributed by atoms with van der Waals surface area (Å²) in [5, 5.41) is 16.9. The molecule has 24 heavy (non-hydrogen) atoms. The van der Waals surface area contributed by atoms with Gasteiger partial charge in [-0.15, -0.1) is 16.4 Å². The number of oxazole rings is 1. The lowest BCUT2D eigenvalue weighted by molar-refractivity contribution is 0.517. The van der Waals surface area contributed by atoms with E-state index in [0.717, 1.165) is 27.8 Å². The Hall–Kier alpha value is -3.00. The van der Waals surface area contributed by atoms with E-state index in [0.29, 0.717) is 12.4 Å². The minimum Gasteiger partial charge on any atom is -0.438 e. The Bertz CT molecular complexity index is 943. The van der Waals surface area contributed by atoms with Gasteiger partial charge in [0.25, 0.3) is 0 Å². The fourth-order valence-electron chi connectivity index (χ4n) is 2.32. The molecule has 0 aliphatic heterocycles. The van der Waals surface area contributed by atoms with E-state index in [4.69, 9.17) is 4.42 Å². The summed E-state index contributed by atoms with van der Waals surface area (Å²) in [6.07, 6.45) is 1.75. The lowest BCUT2D eigenvalue weighted by atomic mass is 10.2.